The van der Waals surface area contributed by atoms with Crippen molar-refractivity contribution in [2.75, 3.05) is 26.2 Å². The Bertz CT molecular complexity index is 812. The molecule has 158 valence electrons. The van der Waals surface area contributed by atoms with Gasteiger partial charge in [-0.2, -0.15) is 4.31 Å². The molecule has 1 saturated heterocycles. The summed E-state index contributed by atoms with van der Waals surface area (Å²) in [6.07, 6.45) is -0.464. The molecule has 0 radical (unpaired) electrons. The molecule has 9 heteroatoms. The maximum absolute atomic E-state index is 13.2. The van der Waals surface area contributed by atoms with E-state index < -0.39 is 15.6 Å². The van der Waals surface area contributed by atoms with Crippen molar-refractivity contribution >= 4 is 27.5 Å². The number of rotatable bonds is 6. The molecule has 2 atom stereocenters. The van der Waals surface area contributed by atoms with E-state index in [4.69, 9.17) is 16.3 Å². The first-order chi connectivity index (χ1) is 12.8. The van der Waals surface area contributed by atoms with Gasteiger partial charge >= 0.3 is 0 Å². The highest BCUT2D eigenvalue weighted by Crippen LogP contribution is 2.28. The van der Waals surface area contributed by atoms with E-state index in [1.165, 1.54) is 27.4 Å². The number of hydrogen-bond donors (Lipinski definition) is 1. The fourth-order valence-corrected chi connectivity index (χ4v) is 5.37. The van der Waals surface area contributed by atoms with Gasteiger partial charge in [0.15, 0.2) is 0 Å². The molecule has 0 spiro atoms. The molecule has 0 aromatic heterocycles. The van der Waals surface area contributed by atoms with Crippen LogP contribution in [0.1, 0.15) is 45.0 Å². The van der Waals surface area contributed by atoms with Crippen molar-refractivity contribution in [2.24, 2.45) is 0 Å². The Hall–Kier alpha value is -1.19. The standard InChI is InChI=1S/C19H29ClN2O5S/c1-6-21(12-19(4,5)24)18(23)15-7-8-16(20)17(9-15)28(25,26)22-10-13(2)27-14(3)11-22/h7-9,13-14,24H,6,10-12H2,1-5H3/t13-,14-/m0/s1. The van der Waals surface area contributed by atoms with Crippen LogP contribution in [0.2, 0.25) is 5.02 Å². The number of carbonyl (C=O) groups excluding carboxylic acids is 1. The SMILES string of the molecule is CCN(CC(C)(C)O)C(=O)c1ccc(Cl)c(S(=O)(=O)N2C[C@H](C)O[C@@H](C)C2)c1. The lowest BCUT2D eigenvalue weighted by atomic mass is 10.1. The third kappa shape index (κ3) is 5.45. The van der Waals surface area contributed by atoms with E-state index >= 15 is 0 Å². The number of nitrogens with zero attached hydrogens (tertiary/aromatic N) is 2. The Morgan fingerprint density at radius 1 is 1.32 bits per heavy atom. The summed E-state index contributed by atoms with van der Waals surface area (Å²) >= 11 is 6.20. The van der Waals surface area contributed by atoms with E-state index in [0.717, 1.165) is 0 Å². The first-order valence-corrected chi connectivity index (χ1v) is 11.1. The fourth-order valence-electron chi connectivity index (χ4n) is 3.28. The molecule has 0 unspecified atom stereocenters. The van der Waals surface area contributed by atoms with Crippen molar-refractivity contribution < 1.29 is 23.1 Å². The maximum Gasteiger partial charge on any atom is 0.253 e. The number of halogens is 1. The summed E-state index contributed by atoms with van der Waals surface area (Å²) in [5.74, 6) is -0.360. The molecule has 1 heterocycles. The van der Waals surface area contributed by atoms with Gasteiger partial charge in [-0.1, -0.05) is 11.6 Å². The Labute approximate surface area is 172 Å². The second-order valence-corrected chi connectivity index (χ2v) is 10.2. The van der Waals surface area contributed by atoms with Gasteiger partial charge in [-0.05, 0) is 52.8 Å². The number of amides is 1. The van der Waals surface area contributed by atoms with Gasteiger partial charge in [0, 0.05) is 31.7 Å². The Morgan fingerprint density at radius 2 is 1.89 bits per heavy atom. The van der Waals surface area contributed by atoms with Gasteiger partial charge in [0.2, 0.25) is 10.0 Å². The van der Waals surface area contributed by atoms with Gasteiger partial charge < -0.3 is 14.7 Å². The minimum absolute atomic E-state index is 0.0638. The molecule has 0 aliphatic carbocycles. The van der Waals surface area contributed by atoms with Gasteiger partial charge in [0.1, 0.15) is 4.90 Å². The molecule has 1 N–H and O–H groups in total. The number of benzene rings is 1. The summed E-state index contributed by atoms with van der Waals surface area (Å²) in [5.41, 5.74) is -0.851. The van der Waals surface area contributed by atoms with Crippen molar-refractivity contribution in [3.63, 3.8) is 0 Å². The van der Waals surface area contributed by atoms with Crippen LogP contribution in [0, 0.1) is 0 Å². The first-order valence-electron chi connectivity index (χ1n) is 9.32. The average molecular weight is 433 g/mol. The van der Waals surface area contributed by atoms with E-state index in [-0.39, 0.29) is 53.2 Å². The lowest BCUT2D eigenvalue weighted by Crippen LogP contribution is -2.48. The van der Waals surface area contributed by atoms with Crippen molar-refractivity contribution in [1.29, 1.82) is 0 Å². The number of ether oxygens (including phenoxy) is 1. The number of likely N-dealkylation sites (N-methyl/N-ethyl adjacent to an activating group) is 1. The van der Waals surface area contributed by atoms with Crippen LogP contribution in [0.5, 0.6) is 0 Å². The number of sulfonamides is 1. The summed E-state index contributed by atoms with van der Waals surface area (Å²) < 4.78 is 33.3. The smallest absolute Gasteiger partial charge is 0.253 e. The van der Waals surface area contributed by atoms with Crippen LogP contribution >= 0.6 is 11.6 Å². The van der Waals surface area contributed by atoms with Crippen molar-refractivity contribution in [1.82, 2.24) is 9.21 Å². The van der Waals surface area contributed by atoms with Crippen LogP contribution in [0.15, 0.2) is 23.1 Å². The fraction of sp³-hybridized carbons (Fsp3) is 0.632. The number of morpholine rings is 1. The minimum Gasteiger partial charge on any atom is -0.389 e. The van der Waals surface area contributed by atoms with Gasteiger partial charge in [0.05, 0.1) is 22.8 Å². The molecule has 0 bridgehead atoms. The Morgan fingerprint density at radius 3 is 2.39 bits per heavy atom. The zero-order valence-corrected chi connectivity index (χ0v) is 18.5. The first kappa shape index (κ1) is 23.1. The molecule has 2 rings (SSSR count). The largest absolute Gasteiger partial charge is 0.389 e. The monoisotopic (exact) mass is 432 g/mol. The van der Waals surface area contributed by atoms with Crippen molar-refractivity contribution in [3.05, 3.63) is 28.8 Å². The topological polar surface area (TPSA) is 87.2 Å². The molecule has 7 nitrogen and oxygen atoms in total. The lowest BCUT2D eigenvalue weighted by Gasteiger charge is -2.34. The second-order valence-electron chi connectivity index (χ2n) is 7.86. The van der Waals surface area contributed by atoms with Gasteiger partial charge in [0.25, 0.3) is 5.91 Å². The quantitative estimate of drug-likeness (QED) is 0.745. The highest BCUT2D eigenvalue weighted by atomic mass is 35.5. The van der Waals surface area contributed by atoms with Crippen LogP contribution in [0.25, 0.3) is 0 Å². The second kappa shape index (κ2) is 8.67. The van der Waals surface area contributed by atoms with Crippen LogP contribution < -0.4 is 0 Å². The van der Waals surface area contributed by atoms with E-state index in [9.17, 15) is 18.3 Å². The molecule has 1 aliphatic heterocycles. The molecule has 1 aromatic rings. The zero-order chi connectivity index (χ0) is 21.3. The van der Waals surface area contributed by atoms with Crippen molar-refractivity contribution in [3.8, 4) is 0 Å². The Kier molecular flexibility index (Phi) is 7.15. The Balaban J connectivity index is 2.38. The van der Waals surface area contributed by atoms with Gasteiger partial charge in [-0.15, -0.1) is 0 Å². The summed E-state index contributed by atoms with van der Waals surface area (Å²) in [5, 5.41) is 10.1. The highest BCUT2D eigenvalue weighted by Gasteiger charge is 2.34. The van der Waals surface area contributed by atoms with Gasteiger partial charge in [-0.25, -0.2) is 8.42 Å². The number of aliphatic hydroxyl groups is 1. The molecule has 28 heavy (non-hydrogen) atoms. The molecule has 1 fully saturated rings. The van der Waals surface area contributed by atoms with Crippen molar-refractivity contribution in [2.45, 2.75) is 57.3 Å². The predicted molar refractivity (Wildman–Crippen MR) is 108 cm³/mol. The minimum atomic E-state index is -3.88. The third-order valence-electron chi connectivity index (χ3n) is 4.43. The van der Waals surface area contributed by atoms with Gasteiger partial charge in [-0.3, -0.25) is 4.79 Å². The number of carbonyl (C=O) groups is 1. The normalized spacial score (nSPS) is 21.5. The highest BCUT2D eigenvalue weighted by molar-refractivity contribution is 7.89. The van der Waals surface area contributed by atoms with Crippen LogP contribution in [-0.4, -0.2) is 72.6 Å². The molecule has 0 saturated carbocycles. The molecule has 1 aliphatic rings. The molecular weight excluding hydrogens is 404 g/mol. The van der Waals surface area contributed by atoms with E-state index in [2.05, 4.69) is 0 Å². The van der Waals surface area contributed by atoms with Crippen LogP contribution in [0.3, 0.4) is 0 Å². The summed E-state index contributed by atoms with van der Waals surface area (Å²) in [6, 6.07) is 4.24. The number of hydrogen-bond acceptors (Lipinski definition) is 5. The predicted octanol–water partition coefficient (Wildman–Crippen LogP) is 2.37. The lowest BCUT2D eigenvalue weighted by molar-refractivity contribution is -0.0440. The summed E-state index contributed by atoms with van der Waals surface area (Å²) in [4.78, 5) is 14.2. The molecule has 1 aromatic carbocycles. The average Bonchev–Trinajstić information content (AvgIpc) is 2.57. The van der Waals surface area contributed by atoms with Crippen LogP contribution in [-0.2, 0) is 14.8 Å². The summed E-state index contributed by atoms with van der Waals surface area (Å²) in [6.45, 7) is 9.61. The van der Waals surface area contributed by atoms with E-state index in [1.54, 1.807) is 20.8 Å². The van der Waals surface area contributed by atoms with E-state index in [1.807, 2.05) is 13.8 Å². The molecule has 1 amide bonds. The zero-order valence-electron chi connectivity index (χ0n) is 17.0. The van der Waals surface area contributed by atoms with Crippen LogP contribution in [0.4, 0.5) is 0 Å². The summed E-state index contributed by atoms with van der Waals surface area (Å²) in [7, 11) is -3.88. The molecular formula is C19H29ClN2O5S. The van der Waals surface area contributed by atoms with E-state index in [0.29, 0.717) is 6.54 Å². The maximum atomic E-state index is 13.2. The third-order valence-corrected chi connectivity index (χ3v) is 6.74.